The Morgan fingerprint density at radius 3 is 2.68 bits per heavy atom. The summed E-state index contributed by atoms with van der Waals surface area (Å²) < 4.78 is 0.236. The van der Waals surface area contributed by atoms with E-state index in [0.29, 0.717) is 0 Å². The predicted molar refractivity (Wildman–Crippen MR) is 87.7 cm³/mol. The second-order valence-electron chi connectivity index (χ2n) is 6.28. The summed E-state index contributed by atoms with van der Waals surface area (Å²) in [5.74, 6) is 0.863. The van der Waals surface area contributed by atoms with Crippen LogP contribution in [0.1, 0.15) is 58.9 Å². The largest absolute Gasteiger partial charge is 0.115 e. The topological polar surface area (TPSA) is 0 Å². The van der Waals surface area contributed by atoms with Crippen LogP contribution in [-0.2, 0) is 0 Å². The van der Waals surface area contributed by atoms with Crippen molar-refractivity contribution >= 4 is 17.3 Å². The first kappa shape index (κ1) is 14.7. The Morgan fingerprint density at radius 2 is 1.95 bits per heavy atom. The van der Waals surface area contributed by atoms with Gasteiger partial charge in [-0.1, -0.05) is 51.0 Å². The molecule has 0 bridgehead atoms. The van der Waals surface area contributed by atoms with Crippen LogP contribution in [-0.4, -0.2) is 4.75 Å². The van der Waals surface area contributed by atoms with Gasteiger partial charge in [-0.2, -0.15) is 0 Å². The van der Waals surface area contributed by atoms with Gasteiger partial charge in [0.15, 0.2) is 0 Å². The fraction of sp³-hybridized carbons (Fsp3) is 0.556. The van der Waals surface area contributed by atoms with Crippen LogP contribution < -0.4 is 0 Å². The lowest BCUT2D eigenvalue weighted by Gasteiger charge is -2.29. The van der Waals surface area contributed by atoms with Gasteiger partial charge < -0.3 is 0 Å². The third kappa shape index (κ3) is 3.89. The number of hydrogen-bond donors (Lipinski definition) is 0. The van der Waals surface area contributed by atoms with Crippen molar-refractivity contribution in [2.45, 2.75) is 63.0 Å². The van der Waals surface area contributed by atoms with Crippen molar-refractivity contribution in [3.05, 3.63) is 35.9 Å². The van der Waals surface area contributed by atoms with E-state index in [2.05, 4.69) is 58.0 Å². The first-order chi connectivity index (χ1) is 9.02. The molecule has 19 heavy (non-hydrogen) atoms. The fourth-order valence-electron chi connectivity index (χ4n) is 2.68. The van der Waals surface area contributed by atoms with E-state index in [4.69, 9.17) is 0 Å². The third-order valence-electron chi connectivity index (χ3n) is 3.97. The normalized spacial score (nSPS) is 18.6. The summed E-state index contributed by atoms with van der Waals surface area (Å²) in [6.45, 7) is 9.30. The molecule has 0 fully saturated rings. The molecule has 1 aliphatic rings. The van der Waals surface area contributed by atoms with Gasteiger partial charge in [0.05, 0.1) is 0 Å². The van der Waals surface area contributed by atoms with Gasteiger partial charge in [-0.05, 0) is 49.8 Å². The summed E-state index contributed by atoms with van der Waals surface area (Å²) in [7, 11) is 0. The Morgan fingerprint density at radius 1 is 1.21 bits per heavy atom. The Balaban J connectivity index is 2.11. The first-order valence-corrected chi connectivity index (χ1v) is 8.33. The monoisotopic (exact) mass is 274 g/mol. The molecule has 0 saturated carbocycles. The van der Waals surface area contributed by atoms with E-state index in [9.17, 15) is 0 Å². The van der Waals surface area contributed by atoms with Crippen LogP contribution in [0.4, 0.5) is 0 Å². The lowest BCUT2D eigenvalue weighted by Crippen LogP contribution is -2.15. The highest BCUT2D eigenvalue weighted by atomic mass is 32.2. The van der Waals surface area contributed by atoms with Crippen LogP contribution in [0.2, 0.25) is 0 Å². The maximum absolute atomic E-state index is 2.48. The summed E-state index contributed by atoms with van der Waals surface area (Å²) in [4.78, 5) is 1.45. The van der Waals surface area contributed by atoms with Gasteiger partial charge in [0.2, 0.25) is 0 Å². The van der Waals surface area contributed by atoms with Gasteiger partial charge in [0.25, 0.3) is 0 Å². The van der Waals surface area contributed by atoms with Crippen LogP contribution in [0.15, 0.2) is 35.2 Å². The molecule has 1 aliphatic heterocycles. The maximum Gasteiger partial charge on any atom is 0.0335 e. The standard InChI is InChI=1S/C18H26S/c1-5-14(2)9-8-10-15-13-18(3,4)19-17-12-7-6-11-16(15)17/h6-7,11-14H,5,8-10H2,1-4H3. The van der Waals surface area contributed by atoms with Gasteiger partial charge in [-0.15, -0.1) is 11.8 Å². The van der Waals surface area contributed by atoms with Gasteiger partial charge in [-0.3, -0.25) is 0 Å². The van der Waals surface area contributed by atoms with Gasteiger partial charge in [0.1, 0.15) is 0 Å². The number of thioether (sulfide) groups is 1. The first-order valence-electron chi connectivity index (χ1n) is 7.52. The van der Waals surface area contributed by atoms with Crippen LogP contribution in [0, 0.1) is 5.92 Å². The van der Waals surface area contributed by atoms with Crippen molar-refractivity contribution in [2.24, 2.45) is 5.92 Å². The Kier molecular flexibility index (Phi) is 4.78. The van der Waals surface area contributed by atoms with Crippen molar-refractivity contribution < 1.29 is 0 Å². The van der Waals surface area contributed by atoms with E-state index in [0.717, 1.165) is 5.92 Å². The maximum atomic E-state index is 2.48. The SMILES string of the molecule is CCC(C)CCCC1=CC(C)(C)Sc2ccccc21. The second-order valence-corrected chi connectivity index (χ2v) is 7.97. The van der Waals surface area contributed by atoms with Crippen molar-refractivity contribution in [2.75, 3.05) is 0 Å². The number of allylic oxidation sites excluding steroid dienone is 1. The molecular formula is C18H26S. The van der Waals surface area contributed by atoms with Crippen LogP contribution in [0.25, 0.3) is 5.57 Å². The lowest BCUT2D eigenvalue weighted by molar-refractivity contribution is 0.499. The third-order valence-corrected chi connectivity index (χ3v) is 5.19. The van der Waals surface area contributed by atoms with Crippen molar-refractivity contribution in [1.29, 1.82) is 0 Å². The molecule has 1 unspecified atom stereocenters. The van der Waals surface area contributed by atoms with E-state index in [1.807, 2.05) is 11.8 Å². The van der Waals surface area contributed by atoms with Gasteiger partial charge in [-0.25, -0.2) is 0 Å². The number of benzene rings is 1. The lowest BCUT2D eigenvalue weighted by atomic mass is 9.93. The van der Waals surface area contributed by atoms with E-state index >= 15 is 0 Å². The molecule has 0 nitrogen and oxygen atoms in total. The summed E-state index contributed by atoms with van der Waals surface area (Å²) in [6, 6.07) is 8.88. The number of hydrogen-bond acceptors (Lipinski definition) is 1. The summed E-state index contributed by atoms with van der Waals surface area (Å²) in [5.41, 5.74) is 3.03. The summed E-state index contributed by atoms with van der Waals surface area (Å²) >= 11 is 1.99. The highest BCUT2D eigenvalue weighted by molar-refractivity contribution is 8.01. The zero-order chi connectivity index (χ0) is 13.9. The molecule has 1 aromatic carbocycles. The van der Waals surface area contributed by atoms with E-state index < -0.39 is 0 Å². The average Bonchev–Trinajstić information content (AvgIpc) is 2.37. The zero-order valence-corrected chi connectivity index (χ0v) is 13.5. The highest BCUT2D eigenvalue weighted by Crippen LogP contribution is 2.45. The molecule has 1 heteroatoms. The molecule has 0 radical (unpaired) electrons. The minimum atomic E-state index is 0.236. The molecule has 1 aromatic rings. The van der Waals surface area contributed by atoms with Crippen molar-refractivity contribution in [1.82, 2.24) is 0 Å². The van der Waals surface area contributed by atoms with Crippen molar-refractivity contribution in [3.63, 3.8) is 0 Å². The molecule has 1 atom stereocenters. The van der Waals surface area contributed by atoms with E-state index in [-0.39, 0.29) is 4.75 Å². The highest BCUT2D eigenvalue weighted by Gasteiger charge is 2.25. The minimum Gasteiger partial charge on any atom is -0.115 e. The van der Waals surface area contributed by atoms with Gasteiger partial charge >= 0.3 is 0 Å². The quantitative estimate of drug-likeness (QED) is 0.618. The van der Waals surface area contributed by atoms with Gasteiger partial charge in [0, 0.05) is 9.64 Å². The van der Waals surface area contributed by atoms with Crippen molar-refractivity contribution in [3.8, 4) is 0 Å². The molecule has 0 N–H and O–H groups in total. The van der Waals surface area contributed by atoms with Crippen LogP contribution >= 0.6 is 11.8 Å². The summed E-state index contributed by atoms with van der Waals surface area (Å²) in [6.07, 6.45) is 7.68. The fourth-order valence-corrected chi connectivity index (χ4v) is 3.91. The van der Waals surface area contributed by atoms with Crippen LogP contribution in [0.5, 0.6) is 0 Å². The molecule has 0 aliphatic carbocycles. The Hall–Kier alpha value is -0.690. The Bertz CT molecular complexity index is 457. The molecule has 2 rings (SSSR count). The molecule has 1 heterocycles. The molecular weight excluding hydrogens is 248 g/mol. The minimum absolute atomic E-state index is 0.236. The smallest absolute Gasteiger partial charge is 0.0335 e. The summed E-state index contributed by atoms with van der Waals surface area (Å²) in [5, 5.41) is 0. The molecule has 0 spiro atoms. The molecule has 104 valence electrons. The molecule has 0 saturated heterocycles. The second kappa shape index (κ2) is 6.17. The van der Waals surface area contributed by atoms with E-state index in [1.165, 1.54) is 36.1 Å². The van der Waals surface area contributed by atoms with Crippen LogP contribution in [0.3, 0.4) is 0 Å². The molecule has 0 aromatic heterocycles. The Labute approximate surface area is 122 Å². The molecule has 0 amide bonds. The van der Waals surface area contributed by atoms with E-state index in [1.54, 1.807) is 5.57 Å². The number of rotatable bonds is 5. The average molecular weight is 274 g/mol. The number of fused-ring (bicyclic) bond motifs is 1. The zero-order valence-electron chi connectivity index (χ0n) is 12.7. The predicted octanol–water partition coefficient (Wildman–Crippen LogP) is 6.17.